The Morgan fingerprint density at radius 1 is 1.33 bits per heavy atom. The number of nitrogens with one attached hydrogen (secondary N) is 1. The third-order valence-corrected chi connectivity index (χ3v) is 3.66. The molecule has 0 unspecified atom stereocenters. The van der Waals surface area contributed by atoms with Gasteiger partial charge in [0.15, 0.2) is 5.17 Å². The third kappa shape index (κ3) is 4.78. The van der Waals surface area contributed by atoms with Crippen LogP contribution < -0.4 is 5.43 Å². The smallest absolute Gasteiger partial charge is 0.182 e. The summed E-state index contributed by atoms with van der Waals surface area (Å²) in [4.78, 5) is 2.42. The van der Waals surface area contributed by atoms with Crippen LogP contribution in [0.4, 0.5) is 0 Å². The van der Waals surface area contributed by atoms with Crippen LogP contribution in [0.15, 0.2) is 5.10 Å². The number of likely N-dealkylation sites (tertiary alicyclic amines) is 1. The number of hydrazone groups is 1. The monoisotopic (exact) mass is 229 g/mol. The summed E-state index contributed by atoms with van der Waals surface area (Å²) in [5.74, 6) is 1.19. The van der Waals surface area contributed by atoms with Crippen molar-refractivity contribution in [1.82, 2.24) is 10.3 Å². The van der Waals surface area contributed by atoms with Crippen molar-refractivity contribution in [3.8, 4) is 0 Å². The van der Waals surface area contributed by atoms with E-state index in [0.717, 1.165) is 0 Å². The van der Waals surface area contributed by atoms with E-state index in [1.54, 1.807) is 0 Å². The summed E-state index contributed by atoms with van der Waals surface area (Å²) in [6.45, 7) is 4.59. The summed E-state index contributed by atoms with van der Waals surface area (Å²) in [7, 11) is 1.88. The first kappa shape index (κ1) is 12.7. The van der Waals surface area contributed by atoms with Crippen LogP contribution >= 0.6 is 11.8 Å². The second-order valence-corrected chi connectivity index (χ2v) is 4.93. The van der Waals surface area contributed by atoms with E-state index in [1.165, 1.54) is 56.1 Å². The molecule has 0 amide bonds. The summed E-state index contributed by atoms with van der Waals surface area (Å²) >= 11 is 1.89. The highest BCUT2D eigenvalue weighted by atomic mass is 32.2. The minimum Gasteiger partial charge on any atom is -0.350 e. The quantitative estimate of drug-likeness (QED) is 0.347. The molecule has 1 rings (SSSR count). The van der Waals surface area contributed by atoms with Crippen molar-refractivity contribution < 1.29 is 0 Å². The van der Waals surface area contributed by atoms with Gasteiger partial charge in [0.25, 0.3) is 0 Å². The van der Waals surface area contributed by atoms with E-state index >= 15 is 0 Å². The Morgan fingerprint density at radius 2 is 2.07 bits per heavy atom. The van der Waals surface area contributed by atoms with Crippen molar-refractivity contribution >= 4 is 16.9 Å². The molecular formula is C11H23N3S. The maximum atomic E-state index is 4.38. The number of hydrogen-bond donors (Lipinski definition) is 1. The average Bonchev–Trinajstić information content (AvgIpc) is 2.29. The molecule has 0 bridgehead atoms. The molecule has 1 fully saturated rings. The second kappa shape index (κ2) is 7.85. The lowest BCUT2D eigenvalue weighted by atomic mass is 10.1. The van der Waals surface area contributed by atoms with Gasteiger partial charge in [-0.1, -0.05) is 25.1 Å². The molecule has 0 radical (unpaired) electrons. The molecule has 1 heterocycles. The topological polar surface area (TPSA) is 27.6 Å². The molecule has 0 aromatic carbocycles. The molecule has 1 aliphatic heterocycles. The van der Waals surface area contributed by atoms with Gasteiger partial charge in [0.05, 0.1) is 0 Å². The molecule has 1 aliphatic rings. The van der Waals surface area contributed by atoms with Crippen molar-refractivity contribution in [1.29, 1.82) is 0 Å². The zero-order valence-electron chi connectivity index (χ0n) is 9.96. The number of unbranched alkanes of at least 4 members (excludes halogenated alkanes) is 1. The van der Waals surface area contributed by atoms with Gasteiger partial charge >= 0.3 is 0 Å². The van der Waals surface area contributed by atoms with Gasteiger partial charge in [-0.15, -0.1) is 0 Å². The molecule has 15 heavy (non-hydrogen) atoms. The van der Waals surface area contributed by atoms with Crippen LogP contribution in [0.25, 0.3) is 0 Å². The maximum Gasteiger partial charge on any atom is 0.182 e. The third-order valence-electron chi connectivity index (χ3n) is 2.56. The van der Waals surface area contributed by atoms with Crippen molar-refractivity contribution in [2.75, 3.05) is 25.9 Å². The van der Waals surface area contributed by atoms with E-state index in [4.69, 9.17) is 0 Å². The first-order chi connectivity index (χ1) is 7.38. The molecular weight excluding hydrogens is 206 g/mol. The number of nitrogens with zero attached hydrogens (tertiary/aromatic N) is 2. The highest BCUT2D eigenvalue weighted by molar-refractivity contribution is 8.13. The molecule has 1 N–H and O–H groups in total. The second-order valence-electron chi connectivity index (χ2n) is 3.87. The fourth-order valence-corrected chi connectivity index (χ4v) is 2.82. The molecule has 1 saturated heterocycles. The normalized spacial score (nSPS) is 18.0. The van der Waals surface area contributed by atoms with Gasteiger partial charge in [-0.3, -0.25) is 0 Å². The predicted molar refractivity (Wildman–Crippen MR) is 69.3 cm³/mol. The van der Waals surface area contributed by atoms with Crippen molar-refractivity contribution in [2.24, 2.45) is 5.10 Å². The van der Waals surface area contributed by atoms with Gasteiger partial charge in [-0.05, 0) is 25.7 Å². The standard InChI is InChI=1S/C11H23N3S/c1-3-4-10-15-11(13-12-2)14-8-6-5-7-9-14/h12H,3-10H2,1-2H3. The summed E-state index contributed by atoms with van der Waals surface area (Å²) in [6, 6.07) is 0. The Kier molecular flexibility index (Phi) is 6.64. The Balaban J connectivity index is 2.37. The van der Waals surface area contributed by atoms with Gasteiger partial charge in [0, 0.05) is 25.9 Å². The zero-order valence-corrected chi connectivity index (χ0v) is 10.8. The van der Waals surface area contributed by atoms with E-state index in [2.05, 4.69) is 22.4 Å². The van der Waals surface area contributed by atoms with E-state index in [-0.39, 0.29) is 0 Å². The number of hydrogen-bond acceptors (Lipinski definition) is 3. The summed E-state index contributed by atoms with van der Waals surface area (Å²) < 4.78 is 0. The van der Waals surface area contributed by atoms with E-state index in [0.29, 0.717) is 0 Å². The Morgan fingerprint density at radius 3 is 2.67 bits per heavy atom. The van der Waals surface area contributed by atoms with E-state index in [9.17, 15) is 0 Å². The van der Waals surface area contributed by atoms with Crippen LogP contribution in [0.3, 0.4) is 0 Å². The van der Waals surface area contributed by atoms with E-state index in [1.807, 2.05) is 18.8 Å². The lowest BCUT2D eigenvalue weighted by molar-refractivity contribution is 0.346. The summed E-state index contributed by atoms with van der Waals surface area (Å²) in [6.07, 6.45) is 6.55. The van der Waals surface area contributed by atoms with Crippen LogP contribution in [-0.4, -0.2) is 36.0 Å². The van der Waals surface area contributed by atoms with Crippen LogP contribution in [0.1, 0.15) is 39.0 Å². The predicted octanol–water partition coefficient (Wildman–Crippen LogP) is 2.50. The van der Waals surface area contributed by atoms with Gasteiger partial charge in [0.1, 0.15) is 0 Å². The van der Waals surface area contributed by atoms with Crippen LogP contribution in [0.2, 0.25) is 0 Å². The maximum absolute atomic E-state index is 4.38. The number of rotatable bonds is 4. The molecule has 0 aromatic heterocycles. The van der Waals surface area contributed by atoms with Gasteiger partial charge in [-0.25, -0.2) is 0 Å². The minimum absolute atomic E-state index is 1.18. The molecule has 4 heteroatoms. The highest BCUT2D eigenvalue weighted by Crippen LogP contribution is 2.16. The fourth-order valence-electron chi connectivity index (χ4n) is 1.68. The molecule has 0 spiro atoms. The SMILES string of the molecule is CCCCSC(=NNC)N1CCCCC1. The van der Waals surface area contributed by atoms with Gasteiger partial charge in [-0.2, -0.15) is 5.10 Å². The Labute approximate surface area is 97.7 Å². The zero-order chi connectivity index (χ0) is 10.9. The Hall–Kier alpha value is -0.380. The minimum atomic E-state index is 1.18. The van der Waals surface area contributed by atoms with Gasteiger partial charge < -0.3 is 10.3 Å². The molecule has 88 valence electrons. The van der Waals surface area contributed by atoms with Gasteiger partial charge in [0.2, 0.25) is 0 Å². The van der Waals surface area contributed by atoms with Crippen LogP contribution in [-0.2, 0) is 0 Å². The molecule has 0 aliphatic carbocycles. The first-order valence-corrected chi connectivity index (χ1v) is 6.99. The highest BCUT2D eigenvalue weighted by Gasteiger charge is 2.14. The van der Waals surface area contributed by atoms with Crippen LogP contribution in [0, 0.1) is 0 Å². The van der Waals surface area contributed by atoms with Crippen molar-refractivity contribution in [3.05, 3.63) is 0 Å². The average molecular weight is 229 g/mol. The molecule has 0 aromatic rings. The Bertz CT molecular complexity index is 188. The molecule has 0 saturated carbocycles. The summed E-state index contributed by atoms with van der Waals surface area (Å²) in [5, 5.41) is 5.56. The lowest BCUT2D eigenvalue weighted by Crippen LogP contribution is -2.35. The van der Waals surface area contributed by atoms with Crippen LogP contribution in [0.5, 0.6) is 0 Å². The molecule has 0 atom stereocenters. The first-order valence-electron chi connectivity index (χ1n) is 6.00. The fraction of sp³-hybridized carbons (Fsp3) is 0.909. The van der Waals surface area contributed by atoms with E-state index < -0.39 is 0 Å². The lowest BCUT2D eigenvalue weighted by Gasteiger charge is -2.29. The largest absolute Gasteiger partial charge is 0.350 e. The number of piperidine rings is 1. The summed E-state index contributed by atoms with van der Waals surface area (Å²) in [5.41, 5.74) is 2.92. The van der Waals surface area contributed by atoms with Crippen molar-refractivity contribution in [2.45, 2.75) is 39.0 Å². The number of thioether (sulfide) groups is 1. The number of amidine groups is 1. The van der Waals surface area contributed by atoms with Crippen molar-refractivity contribution in [3.63, 3.8) is 0 Å². The molecule has 3 nitrogen and oxygen atoms in total.